The second kappa shape index (κ2) is 10.3. The van der Waals surface area contributed by atoms with Crippen LogP contribution in [0, 0.1) is 18.7 Å². The number of hydrogen-bond donors (Lipinski definition) is 2. The fraction of sp³-hybridized carbons (Fsp3) is 0.720. The van der Waals surface area contributed by atoms with E-state index in [-0.39, 0.29) is 30.2 Å². The summed E-state index contributed by atoms with van der Waals surface area (Å²) >= 11 is 0. The van der Waals surface area contributed by atoms with Crippen molar-refractivity contribution in [1.82, 2.24) is 5.32 Å². The number of benzene rings is 1. The maximum Gasteiger partial charge on any atom is 0.407 e. The second-order valence-corrected chi connectivity index (χ2v) is 10.5. The lowest BCUT2D eigenvalue weighted by Gasteiger charge is -2.37. The number of carbonyl (C=O) groups excluding carboxylic acids is 1. The van der Waals surface area contributed by atoms with Crippen LogP contribution in [-0.2, 0) is 9.47 Å². The first kappa shape index (κ1) is 24.6. The Morgan fingerprint density at radius 2 is 1.78 bits per heavy atom. The van der Waals surface area contributed by atoms with Crippen LogP contribution < -0.4 is 15.5 Å². The van der Waals surface area contributed by atoms with Gasteiger partial charge in [0.2, 0.25) is 0 Å². The molecule has 0 radical (unpaired) electrons. The van der Waals surface area contributed by atoms with Crippen molar-refractivity contribution in [3.63, 3.8) is 0 Å². The number of nitrogens with one attached hydrogen (secondary N) is 2. The molecule has 2 fully saturated rings. The van der Waals surface area contributed by atoms with Crippen LogP contribution in [0.3, 0.4) is 0 Å². The summed E-state index contributed by atoms with van der Waals surface area (Å²) in [6.45, 7) is 13.9. The number of carbonyl (C=O) groups is 1. The predicted octanol–water partition coefficient (Wildman–Crippen LogP) is 5.24. The highest BCUT2D eigenvalue weighted by Crippen LogP contribution is 2.31. The van der Waals surface area contributed by atoms with Gasteiger partial charge >= 0.3 is 6.09 Å². The molecule has 2 atom stereocenters. The number of morpholine rings is 1. The Kier molecular flexibility index (Phi) is 7.91. The van der Waals surface area contributed by atoms with E-state index in [9.17, 15) is 4.79 Å². The molecule has 32 heavy (non-hydrogen) atoms. The Labute approximate surface area is 192 Å². The molecule has 3 rings (SSSR count). The summed E-state index contributed by atoms with van der Waals surface area (Å²) in [6.07, 6.45) is 3.75. The van der Waals surface area contributed by atoms with E-state index in [0.717, 1.165) is 51.0 Å². The summed E-state index contributed by atoms with van der Waals surface area (Å²) in [5.74, 6) is 0.293. The van der Waals surface area contributed by atoms with E-state index in [0.29, 0.717) is 17.2 Å². The van der Waals surface area contributed by atoms with Crippen LogP contribution in [0.2, 0.25) is 0 Å². The molecule has 1 heterocycles. The maximum absolute atomic E-state index is 15.1. The molecule has 6 nitrogen and oxygen atoms in total. The Balaban J connectivity index is 1.49. The molecule has 7 heteroatoms. The molecular formula is C25H40FN3O3. The minimum Gasteiger partial charge on any atom is -0.444 e. The number of ether oxygens (including phenoxy) is 2. The molecular weight excluding hydrogens is 409 g/mol. The molecule has 1 aromatic rings. The van der Waals surface area contributed by atoms with Gasteiger partial charge in [-0.15, -0.1) is 0 Å². The number of amides is 1. The van der Waals surface area contributed by atoms with Crippen molar-refractivity contribution in [1.29, 1.82) is 0 Å². The lowest BCUT2D eigenvalue weighted by molar-refractivity contribution is -0.00527. The lowest BCUT2D eigenvalue weighted by atomic mass is 9.86. The number of halogens is 1. The molecule has 0 spiro atoms. The van der Waals surface area contributed by atoms with Crippen LogP contribution in [-0.4, -0.2) is 49.6 Å². The van der Waals surface area contributed by atoms with Gasteiger partial charge in [0.25, 0.3) is 0 Å². The fourth-order valence-electron chi connectivity index (χ4n) is 4.77. The van der Waals surface area contributed by atoms with Gasteiger partial charge in [-0.25, -0.2) is 9.18 Å². The first-order chi connectivity index (χ1) is 15.0. The summed E-state index contributed by atoms with van der Waals surface area (Å²) < 4.78 is 26.3. The van der Waals surface area contributed by atoms with E-state index in [4.69, 9.17) is 9.47 Å². The van der Waals surface area contributed by atoms with Crippen LogP contribution in [0.4, 0.5) is 20.6 Å². The minimum absolute atomic E-state index is 0.138. The van der Waals surface area contributed by atoms with E-state index >= 15 is 4.39 Å². The van der Waals surface area contributed by atoms with Crippen LogP contribution >= 0.6 is 0 Å². The van der Waals surface area contributed by atoms with Crippen molar-refractivity contribution >= 4 is 17.5 Å². The number of hydrogen-bond acceptors (Lipinski definition) is 5. The summed E-state index contributed by atoms with van der Waals surface area (Å²) in [4.78, 5) is 14.2. The zero-order valence-electron chi connectivity index (χ0n) is 20.5. The quantitative estimate of drug-likeness (QED) is 0.643. The number of anilines is 2. The molecule has 1 aromatic carbocycles. The largest absolute Gasteiger partial charge is 0.444 e. The lowest BCUT2D eigenvalue weighted by Crippen LogP contribution is -2.45. The Hall–Kier alpha value is -2.02. The van der Waals surface area contributed by atoms with E-state index < -0.39 is 5.60 Å². The van der Waals surface area contributed by atoms with E-state index in [2.05, 4.69) is 29.4 Å². The van der Waals surface area contributed by atoms with Gasteiger partial charge in [0.05, 0.1) is 17.9 Å². The highest BCUT2D eigenvalue weighted by molar-refractivity contribution is 5.68. The number of rotatable bonds is 5. The summed E-state index contributed by atoms with van der Waals surface area (Å²) in [7, 11) is 0. The SMILES string of the molecule is Cc1c(N2CC(C)OC(C)C2)ccc(NCC2CCC(NC(=O)OC(C)(C)C)CC2)c1F. The van der Waals surface area contributed by atoms with Crippen molar-refractivity contribution in [3.8, 4) is 0 Å². The second-order valence-electron chi connectivity index (χ2n) is 10.5. The average Bonchev–Trinajstić information content (AvgIpc) is 2.68. The topological polar surface area (TPSA) is 62.8 Å². The van der Waals surface area contributed by atoms with E-state index in [1.54, 1.807) is 0 Å². The molecule has 2 N–H and O–H groups in total. The zero-order chi connectivity index (χ0) is 23.5. The predicted molar refractivity (Wildman–Crippen MR) is 127 cm³/mol. The molecule has 0 bridgehead atoms. The smallest absolute Gasteiger partial charge is 0.407 e. The summed E-state index contributed by atoms with van der Waals surface area (Å²) in [5, 5.41) is 6.30. The van der Waals surface area contributed by atoms with E-state index in [1.165, 1.54) is 0 Å². The number of nitrogens with zero attached hydrogens (tertiary/aromatic N) is 1. The van der Waals surface area contributed by atoms with Gasteiger partial charge in [0.1, 0.15) is 5.60 Å². The van der Waals surface area contributed by atoms with Gasteiger partial charge in [-0.2, -0.15) is 0 Å². The zero-order valence-corrected chi connectivity index (χ0v) is 20.5. The molecule has 180 valence electrons. The van der Waals surface area contributed by atoms with Crippen LogP contribution in [0.1, 0.15) is 65.9 Å². The Morgan fingerprint density at radius 1 is 1.16 bits per heavy atom. The maximum atomic E-state index is 15.1. The fourth-order valence-corrected chi connectivity index (χ4v) is 4.77. The highest BCUT2D eigenvalue weighted by Gasteiger charge is 2.26. The van der Waals surface area contributed by atoms with Gasteiger partial charge in [0.15, 0.2) is 5.82 Å². The first-order valence-corrected chi connectivity index (χ1v) is 11.9. The summed E-state index contributed by atoms with van der Waals surface area (Å²) in [6, 6.07) is 4.03. The Bertz CT molecular complexity index is 777. The average molecular weight is 450 g/mol. The van der Waals surface area contributed by atoms with Crippen molar-refractivity contribution in [2.75, 3.05) is 29.9 Å². The number of alkyl carbamates (subject to hydrolysis) is 1. The van der Waals surface area contributed by atoms with Crippen molar-refractivity contribution in [2.45, 2.75) is 91.1 Å². The van der Waals surface area contributed by atoms with Gasteiger partial charge in [0, 0.05) is 36.9 Å². The Morgan fingerprint density at radius 3 is 2.38 bits per heavy atom. The van der Waals surface area contributed by atoms with Gasteiger partial charge in [-0.1, -0.05) is 0 Å². The standard InChI is InChI=1S/C25H40FN3O3/c1-16-14-29(15-17(2)31-16)22-12-11-21(23(26)18(22)3)27-13-19-7-9-20(10-8-19)28-24(30)32-25(4,5)6/h11-12,16-17,19-20,27H,7-10,13-15H2,1-6H3,(H,28,30). The third kappa shape index (κ3) is 6.74. The van der Waals surface area contributed by atoms with Crippen LogP contribution in [0.25, 0.3) is 0 Å². The monoisotopic (exact) mass is 449 g/mol. The third-order valence-electron chi connectivity index (χ3n) is 6.27. The molecule has 1 aliphatic heterocycles. The van der Waals surface area contributed by atoms with Crippen LogP contribution in [0.15, 0.2) is 12.1 Å². The van der Waals surface area contributed by atoms with Crippen molar-refractivity contribution in [3.05, 3.63) is 23.5 Å². The normalized spacial score (nSPS) is 26.5. The molecule has 2 aliphatic rings. The van der Waals surface area contributed by atoms with Gasteiger partial charge in [-0.05, 0) is 85.3 Å². The molecule has 2 unspecified atom stereocenters. The highest BCUT2D eigenvalue weighted by atomic mass is 19.1. The van der Waals surface area contributed by atoms with Gasteiger partial charge in [-0.3, -0.25) is 0 Å². The first-order valence-electron chi connectivity index (χ1n) is 11.9. The van der Waals surface area contributed by atoms with Crippen LogP contribution in [0.5, 0.6) is 0 Å². The summed E-state index contributed by atoms with van der Waals surface area (Å²) in [5.41, 5.74) is 1.71. The molecule has 0 aromatic heterocycles. The molecule has 1 saturated heterocycles. The van der Waals surface area contributed by atoms with E-state index in [1.807, 2.05) is 39.8 Å². The van der Waals surface area contributed by atoms with Crippen molar-refractivity contribution in [2.24, 2.45) is 5.92 Å². The van der Waals surface area contributed by atoms with Gasteiger partial charge < -0.3 is 25.0 Å². The molecule has 1 aliphatic carbocycles. The third-order valence-corrected chi connectivity index (χ3v) is 6.27. The molecule has 1 amide bonds. The van der Waals surface area contributed by atoms with Crippen molar-refractivity contribution < 1.29 is 18.7 Å². The minimum atomic E-state index is -0.485. The molecule has 1 saturated carbocycles.